The van der Waals surface area contributed by atoms with E-state index in [2.05, 4.69) is 5.32 Å². The summed E-state index contributed by atoms with van der Waals surface area (Å²) in [6.07, 6.45) is 0. The van der Waals surface area contributed by atoms with Crippen molar-refractivity contribution in [3.05, 3.63) is 77.8 Å². The quantitative estimate of drug-likeness (QED) is 0.547. The predicted octanol–water partition coefficient (Wildman–Crippen LogP) is 4.74. The maximum Gasteiger partial charge on any atom is 0.290 e. The molecule has 0 saturated carbocycles. The van der Waals surface area contributed by atoms with Crippen molar-refractivity contribution in [1.29, 1.82) is 0 Å². The minimum absolute atomic E-state index is 0.188. The fourth-order valence-electron chi connectivity index (χ4n) is 3.38. The Kier molecular flexibility index (Phi) is 4.76. The van der Waals surface area contributed by atoms with Crippen LogP contribution in [0.15, 0.2) is 65.1 Å². The van der Waals surface area contributed by atoms with Crippen LogP contribution >= 0.6 is 0 Å². The number of halogens is 1. The number of furan rings is 1. The first-order chi connectivity index (χ1) is 13.9. The van der Waals surface area contributed by atoms with Gasteiger partial charge in [0.25, 0.3) is 5.91 Å². The Balaban J connectivity index is 1.57. The summed E-state index contributed by atoms with van der Waals surface area (Å²) in [6.45, 7) is 1.64. The van der Waals surface area contributed by atoms with Gasteiger partial charge in [-0.2, -0.15) is 0 Å². The van der Waals surface area contributed by atoms with Crippen LogP contribution in [0.2, 0.25) is 0 Å². The summed E-state index contributed by atoms with van der Waals surface area (Å²) < 4.78 is 19.2. The largest absolute Gasteiger partial charge is 0.450 e. The Morgan fingerprint density at radius 2 is 1.83 bits per heavy atom. The molecule has 4 rings (SSSR count). The third-order valence-electron chi connectivity index (χ3n) is 4.86. The molecule has 1 heterocycles. The van der Waals surface area contributed by atoms with Gasteiger partial charge < -0.3 is 14.6 Å². The second kappa shape index (κ2) is 7.39. The van der Waals surface area contributed by atoms with Gasteiger partial charge in [0.2, 0.25) is 5.91 Å². The van der Waals surface area contributed by atoms with E-state index < -0.39 is 17.6 Å². The number of anilines is 1. The van der Waals surface area contributed by atoms with Crippen molar-refractivity contribution in [1.82, 2.24) is 4.90 Å². The monoisotopic (exact) mass is 390 g/mol. The molecule has 0 aliphatic carbocycles. The molecular weight excluding hydrogens is 371 g/mol. The van der Waals surface area contributed by atoms with Gasteiger partial charge in [-0.15, -0.1) is 0 Å². The van der Waals surface area contributed by atoms with E-state index in [1.165, 1.54) is 30.1 Å². The smallest absolute Gasteiger partial charge is 0.290 e. The highest BCUT2D eigenvalue weighted by atomic mass is 19.1. The number of fused-ring (bicyclic) bond motifs is 3. The van der Waals surface area contributed by atoms with Crippen molar-refractivity contribution in [2.45, 2.75) is 6.92 Å². The van der Waals surface area contributed by atoms with E-state index in [9.17, 15) is 14.0 Å². The lowest BCUT2D eigenvalue weighted by atomic mass is 10.1. The minimum atomic E-state index is -0.447. The molecule has 0 bridgehead atoms. The number of hydrogen-bond donors (Lipinski definition) is 1. The molecule has 4 aromatic rings. The number of nitrogens with zero attached hydrogens (tertiary/aromatic N) is 1. The van der Waals surface area contributed by atoms with Gasteiger partial charge in [-0.05, 0) is 30.5 Å². The summed E-state index contributed by atoms with van der Waals surface area (Å²) >= 11 is 0. The zero-order valence-corrected chi connectivity index (χ0v) is 16.0. The maximum absolute atomic E-state index is 13.3. The molecular formula is C23H19FN2O3. The number of hydrogen-bond acceptors (Lipinski definition) is 3. The van der Waals surface area contributed by atoms with Gasteiger partial charge >= 0.3 is 0 Å². The highest BCUT2D eigenvalue weighted by Gasteiger charge is 2.23. The highest BCUT2D eigenvalue weighted by molar-refractivity contribution is 6.09. The molecule has 1 N–H and O–H groups in total. The summed E-state index contributed by atoms with van der Waals surface area (Å²) in [5.74, 6) is -1.06. The average molecular weight is 390 g/mol. The predicted molar refractivity (Wildman–Crippen MR) is 110 cm³/mol. The Hall–Kier alpha value is -3.67. The number of aryl methyl sites for hydroxylation is 1. The van der Waals surface area contributed by atoms with Crippen LogP contribution < -0.4 is 5.32 Å². The molecule has 2 amide bonds. The maximum atomic E-state index is 13.3. The van der Waals surface area contributed by atoms with Crippen LogP contribution in [0, 0.1) is 12.7 Å². The van der Waals surface area contributed by atoms with Gasteiger partial charge in [0.1, 0.15) is 11.4 Å². The van der Waals surface area contributed by atoms with Gasteiger partial charge in [-0.1, -0.05) is 42.5 Å². The summed E-state index contributed by atoms with van der Waals surface area (Å²) in [4.78, 5) is 26.4. The van der Waals surface area contributed by atoms with Crippen molar-refractivity contribution in [2.75, 3.05) is 18.9 Å². The molecule has 29 heavy (non-hydrogen) atoms. The van der Waals surface area contributed by atoms with E-state index in [-0.39, 0.29) is 12.3 Å². The molecule has 0 radical (unpaired) electrons. The molecule has 5 nitrogen and oxygen atoms in total. The molecule has 0 aliphatic rings. The fourth-order valence-corrected chi connectivity index (χ4v) is 3.38. The molecule has 0 fully saturated rings. The first-order valence-electron chi connectivity index (χ1n) is 9.16. The van der Waals surface area contributed by atoms with E-state index in [4.69, 9.17) is 4.42 Å². The lowest BCUT2D eigenvalue weighted by Gasteiger charge is -2.16. The summed E-state index contributed by atoms with van der Waals surface area (Å²) in [6, 6.07) is 17.3. The molecule has 1 aromatic heterocycles. The van der Waals surface area contributed by atoms with Gasteiger partial charge in [-0.25, -0.2) is 4.39 Å². The topological polar surface area (TPSA) is 62.6 Å². The second-order valence-electron chi connectivity index (χ2n) is 6.94. The van der Waals surface area contributed by atoms with E-state index >= 15 is 0 Å². The van der Waals surface area contributed by atoms with E-state index in [0.717, 1.165) is 21.7 Å². The molecule has 0 unspecified atom stereocenters. The summed E-state index contributed by atoms with van der Waals surface area (Å²) in [7, 11) is 1.53. The third-order valence-corrected chi connectivity index (χ3v) is 4.86. The molecule has 0 aliphatic heterocycles. The standard InChI is InChI=1S/C23H19FN2O3/c1-14-18-11-10-15-6-3-4-9-19(15)22(18)29-21(14)23(28)26(2)13-20(27)25-17-8-5-7-16(24)12-17/h3-12H,13H2,1-2H3,(H,25,27). The third kappa shape index (κ3) is 3.57. The highest BCUT2D eigenvalue weighted by Crippen LogP contribution is 2.32. The number of rotatable bonds is 4. The van der Waals surface area contributed by atoms with Gasteiger partial charge in [0, 0.05) is 29.1 Å². The second-order valence-corrected chi connectivity index (χ2v) is 6.94. The van der Waals surface area contributed by atoms with Crippen LogP contribution in [0.25, 0.3) is 21.7 Å². The number of likely N-dealkylation sites (N-methyl/N-ethyl adjacent to an activating group) is 1. The normalized spacial score (nSPS) is 11.0. The molecule has 0 saturated heterocycles. The molecule has 3 aromatic carbocycles. The van der Waals surface area contributed by atoms with E-state index in [1.807, 2.05) is 43.3 Å². The number of benzene rings is 3. The summed E-state index contributed by atoms with van der Waals surface area (Å²) in [5, 5.41) is 5.40. The Bertz CT molecular complexity index is 1250. The first kappa shape index (κ1) is 18.7. The zero-order chi connectivity index (χ0) is 20.5. The molecule has 6 heteroatoms. The van der Waals surface area contributed by atoms with E-state index in [0.29, 0.717) is 11.3 Å². The van der Waals surface area contributed by atoms with Crippen molar-refractivity contribution in [2.24, 2.45) is 0 Å². The molecule has 146 valence electrons. The van der Waals surface area contributed by atoms with Crippen LogP contribution in [0.4, 0.5) is 10.1 Å². The minimum Gasteiger partial charge on any atom is -0.450 e. The van der Waals surface area contributed by atoms with Gasteiger partial charge in [-0.3, -0.25) is 9.59 Å². The van der Waals surface area contributed by atoms with Crippen molar-refractivity contribution < 1.29 is 18.4 Å². The van der Waals surface area contributed by atoms with Crippen molar-refractivity contribution >= 4 is 39.2 Å². The van der Waals surface area contributed by atoms with Crippen LogP contribution in [0.1, 0.15) is 16.1 Å². The number of carbonyl (C=O) groups is 2. The SMILES string of the molecule is Cc1c(C(=O)N(C)CC(=O)Nc2cccc(F)c2)oc2c1ccc1ccccc12. The molecule has 0 atom stereocenters. The van der Waals surface area contributed by atoms with Gasteiger partial charge in [0.15, 0.2) is 5.76 Å². The van der Waals surface area contributed by atoms with Gasteiger partial charge in [0.05, 0.1) is 6.54 Å². The van der Waals surface area contributed by atoms with Crippen LogP contribution in [-0.4, -0.2) is 30.3 Å². The number of carbonyl (C=O) groups excluding carboxylic acids is 2. The first-order valence-corrected chi connectivity index (χ1v) is 9.16. The summed E-state index contributed by atoms with van der Waals surface area (Å²) in [5.41, 5.74) is 1.72. The number of nitrogens with one attached hydrogen (secondary N) is 1. The van der Waals surface area contributed by atoms with Crippen LogP contribution in [0.5, 0.6) is 0 Å². The van der Waals surface area contributed by atoms with Crippen LogP contribution in [-0.2, 0) is 4.79 Å². The van der Waals surface area contributed by atoms with Crippen molar-refractivity contribution in [3.8, 4) is 0 Å². The lowest BCUT2D eigenvalue weighted by Crippen LogP contribution is -2.35. The molecule has 0 spiro atoms. The Labute approximate surface area is 166 Å². The zero-order valence-electron chi connectivity index (χ0n) is 16.0. The van der Waals surface area contributed by atoms with Crippen molar-refractivity contribution in [3.63, 3.8) is 0 Å². The lowest BCUT2D eigenvalue weighted by molar-refractivity contribution is -0.116. The fraction of sp³-hybridized carbons (Fsp3) is 0.130. The average Bonchev–Trinajstić information content (AvgIpc) is 3.04. The number of amides is 2. The Morgan fingerprint density at radius 1 is 1.03 bits per heavy atom. The van der Waals surface area contributed by atoms with E-state index in [1.54, 1.807) is 6.07 Å². The van der Waals surface area contributed by atoms with Crippen LogP contribution in [0.3, 0.4) is 0 Å². The Morgan fingerprint density at radius 3 is 2.62 bits per heavy atom.